The number of hydrogen-bond acceptors (Lipinski definition) is 5. The normalized spacial score (nSPS) is 19.7. The summed E-state index contributed by atoms with van der Waals surface area (Å²) in [5.41, 5.74) is 0. The molecule has 1 aromatic heterocycles. The van der Waals surface area contributed by atoms with Crippen LogP contribution in [-0.2, 0) is 13.0 Å². The molecular formula is C14H26N4O. The molecule has 0 amide bonds. The lowest BCUT2D eigenvalue weighted by molar-refractivity contribution is 0.174. The van der Waals surface area contributed by atoms with Gasteiger partial charge in [0.2, 0.25) is 5.89 Å². The number of nitrogens with one attached hydrogen (secondary N) is 1. The van der Waals surface area contributed by atoms with E-state index in [4.69, 9.17) is 4.52 Å². The zero-order valence-electron chi connectivity index (χ0n) is 12.4. The van der Waals surface area contributed by atoms with Gasteiger partial charge in [-0.1, -0.05) is 25.9 Å². The summed E-state index contributed by atoms with van der Waals surface area (Å²) in [5.74, 6) is 2.17. The van der Waals surface area contributed by atoms with Gasteiger partial charge in [0.15, 0.2) is 5.82 Å². The first-order valence-electron chi connectivity index (χ1n) is 7.45. The Hall–Kier alpha value is -0.940. The minimum absolute atomic E-state index is 0.566. The second kappa shape index (κ2) is 7.01. The molecule has 1 aliphatic heterocycles. The van der Waals surface area contributed by atoms with Gasteiger partial charge >= 0.3 is 0 Å². The van der Waals surface area contributed by atoms with Crippen molar-refractivity contribution < 1.29 is 4.52 Å². The molecule has 1 unspecified atom stereocenters. The minimum atomic E-state index is 0.566. The van der Waals surface area contributed by atoms with Crippen LogP contribution >= 0.6 is 0 Å². The molecule has 5 heteroatoms. The van der Waals surface area contributed by atoms with Gasteiger partial charge in [0, 0.05) is 19.0 Å². The number of rotatable bonds is 7. The summed E-state index contributed by atoms with van der Waals surface area (Å²) in [6, 6.07) is 0.611. The van der Waals surface area contributed by atoms with Crippen LogP contribution < -0.4 is 5.32 Å². The summed E-state index contributed by atoms with van der Waals surface area (Å²) < 4.78 is 5.38. The van der Waals surface area contributed by atoms with Crippen molar-refractivity contribution in [3.63, 3.8) is 0 Å². The van der Waals surface area contributed by atoms with Crippen molar-refractivity contribution in [1.29, 1.82) is 0 Å². The molecule has 1 atom stereocenters. The van der Waals surface area contributed by atoms with Crippen LogP contribution in [0, 0.1) is 5.92 Å². The van der Waals surface area contributed by atoms with Crippen LogP contribution in [0.25, 0.3) is 0 Å². The standard InChI is InChI=1S/C14H26N4O/c1-4-7-18(12-5-6-15-9-12)10-14-16-13(17-19-14)8-11(2)3/h11-12,15H,4-10H2,1-3H3. The number of nitrogens with zero attached hydrogens (tertiary/aromatic N) is 3. The van der Waals surface area contributed by atoms with Gasteiger partial charge < -0.3 is 9.84 Å². The fraction of sp³-hybridized carbons (Fsp3) is 0.857. The molecule has 2 rings (SSSR count). The summed E-state index contributed by atoms with van der Waals surface area (Å²) in [5, 5.41) is 7.49. The second-order valence-electron chi connectivity index (χ2n) is 5.82. The highest BCUT2D eigenvalue weighted by molar-refractivity contribution is 4.90. The molecule has 5 nitrogen and oxygen atoms in total. The van der Waals surface area contributed by atoms with E-state index < -0.39 is 0 Å². The van der Waals surface area contributed by atoms with Crippen molar-refractivity contribution in [1.82, 2.24) is 20.4 Å². The zero-order valence-corrected chi connectivity index (χ0v) is 12.4. The van der Waals surface area contributed by atoms with Crippen molar-refractivity contribution in [2.45, 2.75) is 52.6 Å². The lowest BCUT2D eigenvalue weighted by Crippen LogP contribution is -2.37. The largest absolute Gasteiger partial charge is 0.338 e. The fourth-order valence-electron chi connectivity index (χ4n) is 2.61. The highest BCUT2D eigenvalue weighted by Crippen LogP contribution is 2.13. The van der Waals surface area contributed by atoms with E-state index in [-0.39, 0.29) is 0 Å². The molecule has 1 saturated heterocycles. The van der Waals surface area contributed by atoms with Crippen molar-refractivity contribution in [2.24, 2.45) is 5.92 Å². The molecule has 2 heterocycles. The van der Waals surface area contributed by atoms with Gasteiger partial charge in [-0.05, 0) is 31.8 Å². The summed E-state index contributed by atoms with van der Waals surface area (Å²) in [6.07, 6.45) is 3.26. The first-order valence-corrected chi connectivity index (χ1v) is 7.45. The highest BCUT2D eigenvalue weighted by atomic mass is 16.5. The Morgan fingerprint density at radius 3 is 2.95 bits per heavy atom. The fourth-order valence-corrected chi connectivity index (χ4v) is 2.61. The van der Waals surface area contributed by atoms with E-state index in [1.54, 1.807) is 0 Å². The maximum absolute atomic E-state index is 5.38. The molecule has 1 aromatic rings. The smallest absolute Gasteiger partial charge is 0.240 e. The van der Waals surface area contributed by atoms with Crippen LogP contribution in [0.15, 0.2) is 4.52 Å². The Labute approximate surface area is 115 Å². The average Bonchev–Trinajstić information content (AvgIpc) is 2.99. The Morgan fingerprint density at radius 2 is 2.32 bits per heavy atom. The van der Waals surface area contributed by atoms with E-state index in [1.165, 1.54) is 6.42 Å². The van der Waals surface area contributed by atoms with Gasteiger partial charge in [-0.3, -0.25) is 4.90 Å². The maximum Gasteiger partial charge on any atom is 0.240 e. The van der Waals surface area contributed by atoms with E-state index in [0.717, 1.165) is 50.7 Å². The van der Waals surface area contributed by atoms with E-state index in [9.17, 15) is 0 Å². The lowest BCUT2D eigenvalue weighted by atomic mass is 10.1. The minimum Gasteiger partial charge on any atom is -0.338 e. The highest BCUT2D eigenvalue weighted by Gasteiger charge is 2.23. The maximum atomic E-state index is 5.38. The molecule has 0 aromatic carbocycles. The first-order chi connectivity index (χ1) is 9.19. The van der Waals surface area contributed by atoms with E-state index in [1.807, 2.05) is 0 Å². The quantitative estimate of drug-likeness (QED) is 0.816. The summed E-state index contributed by atoms with van der Waals surface area (Å²) >= 11 is 0. The Kier molecular flexibility index (Phi) is 5.34. The molecule has 19 heavy (non-hydrogen) atoms. The van der Waals surface area contributed by atoms with E-state index >= 15 is 0 Å². The predicted octanol–water partition coefficient (Wildman–Crippen LogP) is 1.84. The predicted molar refractivity (Wildman–Crippen MR) is 74.8 cm³/mol. The Bertz CT molecular complexity index is 371. The van der Waals surface area contributed by atoms with Crippen LogP contribution in [0.5, 0.6) is 0 Å². The van der Waals surface area contributed by atoms with Crippen LogP contribution in [0.2, 0.25) is 0 Å². The zero-order chi connectivity index (χ0) is 13.7. The summed E-state index contributed by atoms with van der Waals surface area (Å²) in [6.45, 7) is 10.6. The summed E-state index contributed by atoms with van der Waals surface area (Å²) in [7, 11) is 0. The van der Waals surface area contributed by atoms with Gasteiger partial charge in [0.1, 0.15) is 0 Å². The van der Waals surface area contributed by atoms with Crippen LogP contribution in [0.3, 0.4) is 0 Å². The van der Waals surface area contributed by atoms with Gasteiger partial charge in [0.25, 0.3) is 0 Å². The van der Waals surface area contributed by atoms with E-state index in [2.05, 4.69) is 41.1 Å². The molecule has 0 aliphatic carbocycles. The van der Waals surface area contributed by atoms with Crippen molar-refractivity contribution in [2.75, 3.05) is 19.6 Å². The molecule has 0 radical (unpaired) electrons. The number of hydrogen-bond donors (Lipinski definition) is 1. The third kappa shape index (κ3) is 4.28. The Morgan fingerprint density at radius 1 is 1.47 bits per heavy atom. The molecule has 1 aliphatic rings. The third-order valence-corrected chi connectivity index (χ3v) is 3.50. The SMILES string of the molecule is CCCN(Cc1nc(CC(C)C)no1)C1CCNC1. The molecule has 0 saturated carbocycles. The van der Waals surface area contributed by atoms with Crippen molar-refractivity contribution in [3.8, 4) is 0 Å². The van der Waals surface area contributed by atoms with Gasteiger partial charge in [-0.2, -0.15) is 4.98 Å². The molecule has 0 spiro atoms. The third-order valence-electron chi connectivity index (χ3n) is 3.50. The molecule has 108 valence electrons. The van der Waals surface area contributed by atoms with Crippen molar-refractivity contribution in [3.05, 3.63) is 11.7 Å². The van der Waals surface area contributed by atoms with Gasteiger partial charge in [0.05, 0.1) is 6.54 Å². The van der Waals surface area contributed by atoms with Crippen LogP contribution in [-0.4, -0.2) is 40.7 Å². The first kappa shape index (κ1) is 14.5. The van der Waals surface area contributed by atoms with Gasteiger partial charge in [-0.15, -0.1) is 0 Å². The second-order valence-corrected chi connectivity index (χ2v) is 5.82. The summed E-state index contributed by atoms with van der Waals surface area (Å²) in [4.78, 5) is 6.97. The van der Waals surface area contributed by atoms with Gasteiger partial charge in [-0.25, -0.2) is 0 Å². The monoisotopic (exact) mass is 266 g/mol. The molecule has 0 bridgehead atoms. The molecular weight excluding hydrogens is 240 g/mol. The van der Waals surface area contributed by atoms with Crippen LogP contribution in [0.4, 0.5) is 0 Å². The number of aromatic nitrogens is 2. The van der Waals surface area contributed by atoms with E-state index in [0.29, 0.717) is 12.0 Å². The van der Waals surface area contributed by atoms with Crippen LogP contribution in [0.1, 0.15) is 45.3 Å². The average molecular weight is 266 g/mol. The van der Waals surface area contributed by atoms with Crippen molar-refractivity contribution >= 4 is 0 Å². The lowest BCUT2D eigenvalue weighted by Gasteiger charge is -2.26. The Balaban J connectivity index is 1.94. The topological polar surface area (TPSA) is 54.2 Å². The molecule has 1 N–H and O–H groups in total. The molecule has 1 fully saturated rings.